The van der Waals surface area contributed by atoms with Crippen molar-refractivity contribution in [1.82, 2.24) is 10.2 Å². The van der Waals surface area contributed by atoms with Crippen LogP contribution < -0.4 is 5.73 Å². The van der Waals surface area contributed by atoms with Crippen LogP contribution in [0.1, 0.15) is 19.2 Å². The van der Waals surface area contributed by atoms with Crippen molar-refractivity contribution in [3.05, 3.63) is 34.6 Å². The number of nitrogens with two attached hydrogens (primary N) is 1. The SMILES string of the molecule is CC(N)CCSCc1nnc(-c2ccccc2Br)o1. The average Bonchev–Trinajstić information content (AvgIpc) is 2.83. The van der Waals surface area contributed by atoms with Crippen molar-refractivity contribution < 1.29 is 4.42 Å². The van der Waals surface area contributed by atoms with Crippen molar-refractivity contribution >= 4 is 27.7 Å². The topological polar surface area (TPSA) is 64.9 Å². The molecule has 102 valence electrons. The Bertz CT molecular complexity index is 530. The molecule has 1 aromatic carbocycles. The second-order valence-electron chi connectivity index (χ2n) is 4.30. The van der Waals surface area contributed by atoms with E-state index in [9.17, 15) is 0 Å². The van der Waals surface area contributed by atoms with Crippen LogP contribution >= 0.6 is 27.7 Å². The minimum absolute atomic E-state index is 0.242. The van der Waals surface area contributed by atoms with Crippen LogP contribution in [0.4, 0.5) is 0 Å². The fraction of sp³-hybridized carbons (Fsp3) is 0.385. The minimum Gasteiger partial charge on any atom is -0.420 e. The molecule has 0 amide bonds. The second kappa shape index (κ2) is 7.07. The standard InChI is InChI=1S/C13H16BrN3OS/c1-9(15)6-7-19-8-12-16-17-13(18-12)10-4-2-3-5-11(10)14/h2-5,9H,6-8,15H2,1H3. The predicted octanol–water partition coefficient (Wildman–Crippen LogP) is 3.47. The van der Waals surface area contributed by atoms with Crippen molar-refractivity contribution in [3.63, 3.8) is 0 Å². The lowest BCUT2D eigenvalue weighted by molar-refractivity contribution is 0.528. The van der Waals surface area contributed by atoms with Gasteiger partial charge in [-0.05, 0) is 47.2 Å². The van der Waals surface area contributed by atoms with Gasteiger partial charge in [-0.25, -0.2) is 0 Å². The molecule has 0 spiro atoms. The van der Waals surface area contributed by atoms with Gasteiger partial charge in [-0.1, -0.05) is 12.1 Å². The number of hydrogen-bond acceptors (Lipinski definition) is 5. The van der Waals surface area contributed by atoms with Gasteiger partial charge in [0.25, 0.3) is 0 Å². The first-order valence-electron chi connectivity index (χ1n) is 6.07. The van der Waals surface area contributed by atoms with E-state index in [1.807, 2.05) is 31.2 Å². The first-order valence-corrected chi connectivity index (χ1v) is 8.02. The van der Waals surface area contributed by atoms with Crippen LogP contribution in [0.5, 0.6) is 0 Å². The minimum atomic E-state index is 0.242. The zero-order valence-corrected chi connectivity index (χ0v) is 13.1. The molecule has 1 aromatic heterocycles. The van der Waals surface area contributed by atoms with E-state index in [1.54, 1.807) is 11.8 Å². The summed E-state index contributed by atoms with van der Waals surface area (Å²) in [4.78, 5) is 0. The molecule has 19 heavy (non-hydrogen) atoms. The Morgan fingerprint density at radius 1 is 1.37 bits per heavy atom. The molecular formula is C13H16BrN3OS. The summed E-state index contributed by atoms with van der Waals surface area (Å²) in [5, 5.41) is 8.14. The summed E-state index contributed by atoms with van der Waals surface area (Å²) in [6.45, 7) is 2.01. The normalized spacial score (nSPS) is 12.6. The largest absolute Gasteiger partial charge is 0.420 e. The Morgan fingerprint density at radius 2 is 2.16 bits per heavy atom. The molecule has 0 bridgehead atoms. The highest BCUT2D eigenvalue weighted by Crippen LogP contribution is 2.27. The van der Waals surface area contributed by atoms with E-state index in [0.29, 0.717) is 11.8 Å². The van der Waals surface area contributed by atoms with Gasteiger partial charge < -0.3 is 10.2 Å². The van der Waals surface area contributed by atoms with Gasteiger partial charge in [0.05, 0.1) is 11.3 Å². The smallest absolute Gasteiger partial charge is 0.248 e. The molecule has 0 radical (unpaired) electrons. The van der Waals surface area contributed by atoms with E-state index in [0.717, 1.165) is 28.0 Å². The van der Waals surface area contributed by atoms with Crippen LogP contribution in [0.15, 0.2) is 33.2 Å². The van der Waals surface area contributed by atoms with Gasteiger partial charge >= 0.3 is 0 Å². The molecule has 1 atom stereocenters. The molecule has 0 aliphatic carbocycles. The molecule has 0 aliphatic rings. The summed E-state index contributed by atoms with van der Waals surface area (Å²) in [5.41, 5.74) is 6.62. The quantitative estimate of drug-likeness (QED) is 0.815. The van der Waals surface area contributed by atoms with Crippen LogP contribution in [0.25, 0.3) is 11.5 Å². The highest BCUT2D eigenvalue weighted by atomic mass is 79.9. The van der Waals surface area contributed by atoms with E-state index >= 15 is 0 Å². The van der Waals surface area contributed by atoms with Crippen molar-refractivity contribution in [1.29, 1.82) is 0 Å². The van der Waals surface area contributed by atoms with E-state index < -0.39 is 0 Å². The lowest BCUT2D eigenvalue weighted by atomic mass is 10.2. The molecule has 2 aromatic rings. The van der Waals surface area contributed by atoms with E-state index in [4.69, 9.17) is 10.2 Å². The number of thioether (sulfide) groups is 1. The van der Waals surface area contributed by atoms with Gasteiger partial charge in [0.15, 0.2) is 0 Å². The number of hydrogen-bond donors (Lipinski definition) is 1. The molecule has 0 aliphatic heterocycles. The van der Waals surface area contributed by atoms with Gasteiger partial charge in [0.1, 0.15) is 0 Å². The lowest BCUT2D eigenvalue weighted by Gasteiger charge is -2.02. The van der Waals surface area contributed by atoms with Crippen molar-refractivity contribution in [2.24, 2.45) is 5.73 Å². The van der Waals surface area contributed by atoms with E-state index in [2.05, 4.69) is 26.1 Å². The molecule has 1 heterocycles. The van der Waals surface area contributed by atoms with Crippen LogP contribution in [0, 0.1) is 0 Å². The Kier molecular flexibility index (Phi) is 5.42. The van der Waals surface area contributed by atoms with Gasteiger partial charge in [0.2, 0.25) is 11.8 Å². The summed E-state index contributed by atoms with van der Waals surface area (Å²) in [5.74, 6) is 2.94. The molecule has 2 N–H and O–H groups in total. The fourth-order valence-electron chi connectivity index (χ4n) is 1.48. The maximum atomic E-state index is 5.70. The Morgan fingerprint density at radius 3 is 2.89 bits per heavy atom. The monoisotopic (exact) mass is 341 g/mol. The molecule has 1 unspecified atom stereocenters. The Balaban J connectivity index is 1.94. The fourth-order valence-corrected chi connectivity index (χ4v) is 2.91. The summed E-state index contributed by atoms with van der Waals surface area (Å²) in [6.07, 6.45) is 0.996. The summed E-state index contributed by atoms with van der Waals surface area (Å²) < 4.78 is 6.61. The highest BCUT2D eigenvalue weighted by Gasteiger charge is 2.11. The molecule has 0 saturated carbocycles. The number of rotatable bonds is 6. The van der Waals surface area contributed by atoms with Gasteiger partial charge in [-0.2, -0.15) is 11.8 Å². The first-order chi connectivity index (χ1) is 9.16. The van der Waals surface area contributed by atoms with Crippen molar-refractivity contribution in [2.75, 3.05) is 5.75 Å². The van der Waals surface area contributed by atoms with Crippen molar-refractivity contribution in [2.45, 2.75) is 25.1 Å². The summed E-state index contributed by atoms with van der Waals surface area (Å²) >= 11 is 5.23. The molecule has 2 rings (SSSR count). The lowest BCUT2D eigenvalue weighted by Crippen LogP contribution is -2.15. The number of nitrogens with zero attached hydrogens (tertiary/aromatic N) is 2. The zero-order valence-electron chi connectivity index (χ0n) is 10.7. The number of halogens is 1. The van der Waals surface area contributed by atoms with Crippen LogP contribution in [-0.4, -0.2) is 22.0 Å². The summed E-state index contributed by atoms with van der Waals surface area (Å²) in [7, 11) is 0. The van der Waals surface area contributed by atoms with Gasteiger partial charge in [-0.3, -0.25) is 0 Å². The molecule has 0 saturated heterocycles. The Hall–Kier alpha value is -0.850. The number of benzene rings is 1. The van der Waals surface area contributed by atoms with E-state index in [-0.39, 0.29) is 6.04 Å². The van der Waals surface area contributed by atoms with E-state index in [1.165, 1.54) is 0 Å². The third kappa shape index (κ3) is 4.33. The average molecular weight is 342 g/mol. The predicted molar refractivity (Wildman–Crippen MR) is 81.9 cm³/mol. The maximum absolute atomic E-state index is 5.70. The molecular weight excluding hydrogens is 326 g/mol. The van der Waals surface area contributed by atoms with Crippen LogP contribution in [0.3, 0.4) is 0 Å². The van der Waals surface area contributed by atoms with Crippen LogP contribution in [0.2, 0.25) is 0 Å². The number of aromatic nitrogens is 2. The maximum Gasteiger partial charge on any atom is 0.248 e. The third-order valence-corrected chi connectivity index (χ3v) is 4.18. The van der Waals surface area contributed by atoms with Gasteiger partial charge in [-0.15, -0.1) is 10.2 Å². The third-order valence-electron chi connectivity index (χ3n) is 2.51. The Labute approximate surface area is 125 Å². The zero-order chi connectivity index (χ0) is 13.7. The molecule has 0 fully saturated rings. The van der Waals surface area contributed by atoms with Crippen molar-refractivity contribution in [3.8, 4) is 11.5 Å². The second-order valence-corrected chi connectivity index (χ2v) is 6.26. The molecule has 6 heteroatoms. The first kappa shape index (κ1) is 14.6. The van der Waals surface area contributed by atoms with Crippen LogP contribution in [-0.2, 0) is 5.75 Å². The summed E-state index contributed by atoms with van der Waals surface area (Å²) in [6, 6.07) is 8.04. The highest BCUT2D eigenvalue weighted by molar-refractivity contribution is 9.10. The van der Waals surface area contributed by atoms with Gasteiger partial charge in [0, 0.05) is 10.5 Å². The molecule has 4 nitrogen and oxygen atoms in total.